The van der Waals surface area contributed by atoms with Gasteiger partial charge in [0.25, 0.3) is 0 Å². The molecule has 0 saturated carbocycles. The lowest BCUT2D eigenvalue weighted by molar-refractivity contribution is -0.143. The molecular weight excluding hydrogens is 220 g/mol. The first-order valence-electron chi connectivity index (χ1n) is 6.16. The van der Waals surface area contributed by atoms with Gasteiger partial charge in [-0.05, 0) is 20.3 Å². The quantitative estimate of drug-likeness (QED) is 0.732. The molecule has 98 valence electrons. The second kappa shape index (κ2) is 6.59. The molecule has 1 N–H and O–H groups in total. The Morgan fingerprint density at radius 3 is 2.41 bits per heavy atom. The third-order valence-electron chi connectivity index (χ3n) is 2.71. The highest BCUT2D eigenvalue weighted by atomic mass is 16.5. The summed E-state index contributed by atoms with van der Waals surface area (Å²) >= 11 is 0. The number of carbonyl (C=O) groups is 2. The summed E-state index contributed by atoms with van der Waals surface area (Å²) in [4.78, 5) is 24.4. The fraction of sp³-hybridized carbons (Fsp3) is 0.833. The van der Waals surface area contributed by atoms with E-state index in [-0.39, 0.29) is 24.0 Å². The molecule has 1 rings (SSSR count). The lowest BCUT2D eigenvalue weighted by Crippen LogP contribution is -2.48. The molecule has 0 aliphatic carbocycles. The van der Waals surface area contributed by atoms with Crippen LogP contribution in [0.25, 0.3) is 0 Å². The number of nitrogens with one attached hydrogen (secondary N) is 1. The maximum absolute atomic E-state index is 11.9. The molecule has 0 aromatic carbocycles. The Bertz CT molecular complexity index is 271. The van der Waals surface area contributed by atoms with Crippen LogP contribution < -0.4 is 5.32 Å². The summed E-state index contributed by atoms with van der Waals surface area (Å²) in [6, 6.07) is 0. The summed E-state index contributed by atoms with van der Waals surface area (Å²) in [5.74, 6) is 0.100. The molecule has 1 saturated heterocycles. The van der Waals surface area contributed by atoms with E-state index < -0.39 is 0 Å². The Hall–Kier alpha value is -1.10. The number of carbonyl (C=O) groups excluding carboxylic acids is 2. The van der Waals surface area contributed by atoms with Crippen LogP contribution in [-0.2, 0) is 14.3 Å². The minimum Gasteiger partial charge on any atom is -0.372 e. The molecule has 1 fully saturated rings. The fourth-order valence-corrected chi connectivity index (χ4v) is 2.04. The summed E-state index contributed by atoms with van der Waals surface area (Å²) in [5, 5.41) is 2.69. The predicted octanol–water partition coefficient (Wildman–Crippen LogP) is 0.539. The lowest BCUT2D eigenvalue weighted by Gasteiger charge is -2.35. The van der Waals surface area contributed by atoms with Gasteiger partial charge in [0.2, 0.25) is 11.8 Å². The van der Waals surface area contributed by atoms with E-state index in [0.29, 0.717) is 32.5 Å². The minimum absolute atomic E-state index is 0.0499. The average Bonchev–Trinajstić information content (AvgIpc) is 2.22. The van der Waals surface area contributed by atoms with E-state index >= 15 is 0 Å². The fourth-order valence-electron chi connectivity index (χ4n) is 2.04. The van der Waals surface area contributed by atoms with Gasteiger partial charge in [-0.1, -0.05) is 0 Å². The molecule has 17 heavy (non-hydrogen) atoms. The molecule has 1 heterocycles. The highest BCUT2D eigenvalue weighted by Crippen LogP contribution is 2.12. The zero-order valence-corrected chi connectivity index (χ0v) is 10.9. The van der Waals surface area contributed by atoms with Crippen molar-refractivity contribution < 1.29 is 14.3 Å². The third kappa shape index (κ3) is 5.17. The summed E-state index contributed by atoms with van der Waals surface area (Å²) in [6.45, 7) is 7.34. The lowest BCUT2D eigenvalue weighted by atomic mass is 10.2. The van der Waals surface area contributed by atoms with E-state index in [0.717, 1.165) is 0 Å². The maximum Gasteiger partial charge on any atom is 0.222 e. The van der Waals surface area contributed by atoms with Gasteiger partial charge in [-0.3, -0.25) is 9.59 Å². The Kier molecular flexibility index (Phi) is 5.41. The van der Waals surface area contributed by atoms with Crippen LogP contribution in [0.1, 0.15) is 33.6 Å². The van der Waals surface area contributed by atoms with Crippen LogP contribution >= 0.6 is 0 Å². The van der Waals surface area contributed by atoms with E-state index in [1.165, 1.54) is 6.92 Å². The molecule has 5 nitrogen and oxygen atoms in total. The number of nitrogens with zero attached hydrogens (tertiary/aromatic N) is 1. The van der Waals surface area contributed by atoms with Crippen molar-refractivity contribution in [3.05, 3.63) is 0 Å². The zero-order valence-electron chi connectivity index (χ0n) is 10.9. The van der Waals surface area contributed by atoms with Crippen molar-refractivity contribution in [2.24, 2.45) is 0 Å². The monoisotopic (exact) mass is 242 g/mol. The zero-order chi connectivity index (χ0) is 12.8. The van der Waals surface area contributed by atoms with Gasteiger partial charge in [0.1, 0.15) is 0 Å². The van der Waals surface area contributed by atoms with E-state index in [9.17, 15) is 9.59 Å². The highest BCUT2D eigenvalue weighted by molar-refractivity contribution is 5.76. The Balaban J connectivity index is 2.24. The summed E-state index contributed by atoms with van der Waals surface area (Å²) < 4.78 is 5.57. The summed E-state index contributed by atoms with van der Waals surface area (Å²) in [7, 11) is 0. The normalized spacial score (nSPS) is 24.5. The van der Waals surface area contributed by atoms with Gasteiger partial charge in [0, 0.05) is 33.0 Å². The van der Waals surface area contributed by atoms with Crippen molar-refractivity contribution in [2.75, 3.05) is 19.6 Å². The van der Waals surface area contributed by atoms with Crippen LogP contribution in [-0.4, -0.2) is 48.6 Å². The maximum atomic E-state index is 11.9. The van der Waals surface area contributed by atoms with Gasteiger partial charge in [0.15, 0.2) is 0 Å². The molecule has 1 aliphatic rings. The molecule has 0 aromatic rings. The Morgan fingerprint density at radius 1 is 1.29 bits per heavy atom. The van der Waals surface area contributed by atoms with Crippen molar-refractivity contribution in [1.29, 1.82) is 0 Å². The van der Waals surface area contributed by atoms with Crippen LogP contribution in [0.4, 0.5) is 0 Å². The van der Waals surface area contributed by atoms with Crippen LogP contribution in [0.3, 0.4) is 0 Å². The Labute approximate surface area is 102 Å². The smallest absolute Gasteiger partial charge is 0.222 e. The van der Waals surface area contributed by atoms with Crippen LogP contribution in [0.5, 0.6) is 0 Å². The first-order valence-corrected chi connectivity index (χ1v) is 6.16. The number of hydrogen-bond acceptors (Lipinski definition) is 3. The standard InChI is InChI=1S/C12H22N2O3/c1-9-7-14(8-10(2)17-9)12(16)5-4-6-13-11(3)15/h9-10H,4-8H2,1-3H3,(H,13,15). The van der Waals surface area contributed by atoms with Crippen molar-refractivity contribution in [3.63, 3.8) is 0 Å². The van der Waals surface area contributed by atoms with Gasteiger partial charge < -0.3 is 15.0 Å². The van der Waals surface area contributed by atoms with Gasteiger partial charge in [0.05, 0.1) is 12.2 Å². The van der Waals surface area contributed by atoms with Crippen molar-refractivity contribution >= 4 is 11.8 Å². The van der Waals surface area contributed by atoms with Gasteiger partial charge >= 0.3 is 0 Å². The molecule has 5 heteroatoms. The van der Waals surface area contributed by atoms with Crippen molar-refractivity contribution in [2.45, 2.75) is 45.8 Å². The molecule has 0 aromatic heterocycles. The molecule has 0 radical (unpaired) electrons. The molecule has 2 atom stereocenters. The largest absolute Gasteiger partial charge is 0.372 e. The molecule has 2 unspecified atom stereocenters. The molecular formula is C12H22N2O3. The summed E-state index contributed by atoms with van der Waals surface area (Å²) in [6.07, 6.45) is 1.40. The van der Waals surface area contributed by atoms with Crippen LogP contribution in [0.15, 0.2) is 0 Å². The summed E-state index contributed by atoms with van der Waals surface area (Å²) in [5.41, 5.74) is 0. The SMILES string of the molecule is CC(=O)NCCCC(=O)N1CC(C)OC(C)C1. The average molecular weight is 242 g/mol. The van der Waals surface area contributed by atoms with E-state index in [2.05, 4.69) is 5.32 Å². The van der Waals surface area contributed by atoms with Crippen LogP contribution in [0.2, 0.25) is 0 Å². The predicted molar refractivity (Wildman–Crippen MR) is 64.5 cm³/mol. The molecule has 0 bridgehead atoms. The first kappa shape index (κ1) is 14.0. The number of ether oxygens (including phenoxy) is 1. The number of rotatable bonds is 4. The van der Waals surface area contributed by atoms with Gasteiger partial charge in [-0.2, -0.15) is 0 Å². The highest BCUT2D eigenvalue weighted by Gasteiger charge is 2.25. The Morgan fingerprint density at radius 2 is 1.88 bits per heavy atom. The van der Waals surface area contributed by atoms with Crippen LogP contribution in [0, 0.1) is 0 Å². The minimum atomic E-state index is -0.0499. The topological polar surface area (TPSA) is 58.6 Å². The number of amides is 2. The van der Waals surface area contributed by atoms with Crippen molar-refractivity contribution in [1.82, 2.24) is 10.2 Å². The molecule has 2 amide bonds. The first-order chi connectivity index (χ1) is 7.99. The van der Waals surface area contributed by atoms with E-state index in [1.807, 2.05) is 18.7 Å². The van der Waals surface area contributed by atoms with E-state index in [1.54, 1.807) is 0 Å². The van der Waals surface area contributed by atoms with Crippen molar-refractivity contribution in [3.8, 4) is 0 Å². The molecule has 0 spiro atoms. The second-order valence-corrected chi connectivity index (χ2v) is 4.64. The van der Waals surface area contributed by atoms with Gasteiger partial charge in [-0.25, -0.2) is 0 Å². The number of morpholine rings is 1. The molecule has 1 aliphatic heterocycles. The van der Waals surface area contributed by atoms with E-state index in [4.69, 9.17) is 4.74 Å². The third-order valence-corrected chi connectivity index (χ3v) is 2.71. The van der Waals surface area contributed by atoms with Gasteiger partial charge in [-0.15, -0.1) is 0 Å². The second-order valence-electron chi connectivity index (χ2n) is 4.64. The number of hydrogen-bond donors (Lipinski definition) is 1.